The van der Waals surface area contributed by atoms with Gasteiger partial charge in [0.2, 0.25) is 0 Å². The molecule has 0 aromatic heterocycles. The fourth-order valence-corrected chi connectivity index (χ4v) is 0. The summed E-state index contributed by atoms with van der Waals surface area (Å²) in [7, 11) is -5.39. The van der Waals surface area contributed by atoms with Gasteiger partial charge in [0.15, 0.2) is 0 Å². The van der Waals surface area contributed by atoms with Crippen LogP contribution in [0.5, 0.6) is 0 Å². The Kier molecular flexibility index (Phi) is 25.5. The molecule has 0 bridgehead atoms. The predicted octanol–water partition coefficient (Wildman–Crippen LogP) is -3.76. The Balaban J connectivity index is -0.0000000267. The molecule has 0 heterocycles. The van der Waals surface area contributed by atoms with Gasteiger partial charge in [0, 0.05) is 0 Å². The first-order valence-electron chi connectivity index (χ1n) is 0.730. The predicted molar refractivity (Wildman–Crippen MR) is 21.1 cm³/mol. The van der Waals surface area contributed by atoms with E-state index in [0.29, 0.717) is 0 Å². The zero-order chi connectivity index (χ0) is 4.50. The molecule has 0 radical (unpaired) electrons. The van der Waals surface area contributed by atoms with Crippen LogP contribution in [0.2, 0.25) is 0 Å². The molecule has 40 valence electrons. The maximum Gasteiger partial charge on any atom is 3.00 e. The van der Waals surface area contributed by atoms with Gasteiger partial charge in [-0.2, -0.15) is 7.82 Å². The van der Waals surface area contributed by atoms with Crippen LogP contribution in [0.25, 0.3) is 0 Å². The Labute approximate surface area is 94.0 Å². The van der Waals surface area contributed by atoms with Gasteiger partial charge in [-0.15, -0.1) is 0 Å². The zero-order valence-electron chi connectivity index (χ0n) is 3.81. The second-order valence-electron chi connectivity index (χ2n) is 0.447. The molecule has 0 rings (SSSR count). The summed E-state index contributed by atoms with van der Waals surface area (Å²) in [4.78, 5) is 25.6. The first-order chi connectivity index (χ1) is 2.00. The summed E-state index contributed by atoms with van der Waals surface area (Å²) in [5.41, 5.74) is 0. The summed E-state index contributed by atoms with van der Waals surface area (Å²) in [5, 5.41) is 0. The third-order valence-electron chi connectivity index (χ3n) is 0. The Hall–Kier alpha value is 2.08. The molecule has 1 N–H and O–H groups in total. The Bertz CT molecular complexity index is 58.6. The molecule has 0 unspecified atom stereocenters. The summed E-state index contributed by atoms with van der Waals surface area (Å²) >= 11 is 0. The van der Waals surface area contributed by atoms with Crippen molar-refractivity contribution in [3.05, 3.63) is 0 Å². The summed E-state index contributed by atoms with van der Waals surface area (Å²) < 4.78 is 8.55. The molecule has 0 aromatic carbocycles. The molecule has 0 aliphatic heterocycles. The third kappa shape index (κ3) is 93.5. The van der Waals surface area contributed by atoms with Gasteiger partial charge in [-0.05, 0) is 0 Å². The van der Waals surface area contributed by atoms with Crippen LogP contribution < -0.4 is 14.7 Å². The molecule has 0 spiro atoms. The largest absolute Gasteiger partial charge is 3.00 e. The first kappa shape index (κ1) is 22.5. The van der Waals surface area contributed by atoms with Crippen LogP contribution in [0.15, 0.2) is 0 Å². The van der Waals surface area contributed by atoms with E-state index in [9.17, 15) is 0 Å². The van der Waals surface area contributed by atoms with Crippen LogP contribution in [-0.4, -0.2) is 68.3 Å². The van der Waals surface area contributed by atoms with E-state index < -0.39 is 7.82 Å². The number of phosphoric acid groups is 1. The van der Waals surface area contributed by atoms with Crippen molar-refractivity contribution < 1.29 is 24.7 Å². The van der Waals surface area contributed by atoms with Gasteiger partial charge in [0.05, 0.1) is 0 Å². The molecule has 0 saturated carbocycles. The van der Waals surface area contributed by atoms with Crippen molar-refractivity contribution in [3.63, 3.8) is 0 Å². The topological polar surface area (TPSA) is 116 Å². The summed E-state index contributed by atoms with van der Waals surface area (Å²) in [6, 6.07) is 0. The fourth-order valence-electron chi connectivity index (χ4n) is 0. The quantitative estimate of drug-likeness (QED) is 0.311. The van der Waals surface area contributed by atoms with Crippen molar-refractivity contribution in [2.45, 2.75) is 0 Å². The van der Waals surface area contributed by atoms with Crippen LogP contribution >= 0.6 is 7.82 Å². The summed E-state index contributed by atoms with van der Waals surface area (Å²) in [6.07, 6.45) is 0. The molecule has 0 aromatic rings. The maximum atomic E-state index is 8.55. The molecule has 0 atom stereocenters. The van der Waals surface area contributed by atoms with E-state index in [-0.39, 0.29) is 68.3 Å². The molecule has 8 heteroatoms. The molecular weight excluding hydrogens is 226 g/mol. The Morgan fingerprint density at radius 2 is 1.12 bits per heavy atom. The SMILES string of the molecule is O=P([O-])([O-])[O-].[Al+3].[OH-].[Sr+2]. The second kappa shape index (κ2) is 9.08. The van der Waals surface area contributed by atoms with E-state index in [2.05, 4.69) is 0 Å². The fraction of sp³-hybridized carbons (Fsp3) is 0. The van der Waals surface area contributed by atoms with Crippen molar-refractivity contribution in [1.29, 1.82) is 0 Å². The number of hydrogen-bond donors (Lipinski definition) is 0. The van der Waals surface area contributed by atoms with Crippen molar-refractivity contribution in [3.8, 4) is 0 Å². The number of hydrogen-bond acceptors (Lipinski definition) is 5. The van der Waals surface area contributed by atoms with Gasteiger partial charge in [0.25, 0.3) is 0 Å². The molecule has 8 heavy (non-hydrogen) atoms. The Morgan fingerprint density at radius 1 is 1.12 bits per heavy atom. The smallest absolute Gasteiger partial charge is 0.870 e. The molecule has 0 fully saturated rings. The van der Waals surface area contributed by atoms with Gasteiger partial charge < -0.3 is 24.7 Å². The average Bonchev–Trinajstić information content (AvgIpc) is 0.722. The van der Waals surface area contributed by atoms with Gasteiger partial charge in [-0.25, -0.2) is 0 Å². The Morgan fingerprint density at radius 3 is 1.12 bits per heavy atom. The molecule has 0 aliphatic carbocycles. The van der Waals surface area contributed by atoms with E-state index in [1.165, 1.54) is 0 Å². The maximum absolute atomic E-state index is 8.55. The number of rotatable bonds is 0. The van der Waals surface area contributed by atoms with E-state index in [1.54, 1.807) is 0 Å². The van der Waals surface area contributed by atoms with Gasteiger partial charge in [-0.3, -0.25) is 0 Å². The molecule has 0 saturated heterocycles. The van der Waals surface area contributed by atoms with Crippen LogP contribution in [0.3, 0.4) is 0 Å². The van der Waals surface area contributed by atoms with Crippen molar-refractivity contribution >= 4 is 70.7 Å². The summed E-state index contributed by atoms with van der Waals surface area (Å²) in [5.74, 6) is 0. The minimum atomic E-state index is -5.39. The molecule has 0 amide bonds. The van der Waals surface area contributed by atoms with Crippen LogP contribution in [0, 0.1) is 0 Å². The van der Waals surface area contributed by atoms with Crippen LogP contribution in [-0.2, 0) is 4.57 Å². The zero-order valence-corrected chi connectivity index (χ0v) is 9.34. The molecule has 5 nitrogen and oxygen atoms in total. The minimum Gasteiger partial charge on any atom is -0.870 e. The van der Waals surface area contributed by atoms with Crippen molar-refractivity contribution in [1.82, 2.24) is 0 Å². The minimum absolute atomic E-state index is 0. The molecule has 0 aliphatic rings. The van der Waals surface area contributed by atoms with Crippen molar-refractivity contribution in [2.75, 3.05) is 0 Å². The van der Waals surface area contributed by atoms with Crippen molar-refractivity contribution in [2.24, 2.45) is 0 Å². The average molecular weight is 227 g/mol. The van der Waals surface area contributed by atoms with E-state index in [1.807, 2.05) is 0 Å². The third-order valence-corrected chi connectivity index (χ3v) is 0. The second-order valence-corrected chi connectivity index (χ2v) is 1.34. The molecular formula is HAlO5PSr+. The van der Waals surface area contributed by atoms with Crippen LogP contribution in [0.4, 0.5) is 0 Å². The van der Waals surface area contributed by atoms with E-state index in [4.69, 9.17) is 19.2 Å². The standard InChI is InChI=1S/Al.H3O4P.H2O.Sr/c;1-5(2,3)4;;/h;(H3,1,2,3,4);1H2;/q+3;;;+2/p-4. The summed E-state index contributed by atoms with van der Waals surface area (Å²) in [6.45, 7) is 0. The van der Waals surface area contributed by atoms with Crippen LogP contribution in [0.1, 0.15) is 0 Å². The van der Waals surface area contributed by atoms with Gasteiger partial charge in [0.1, 0.15) is 0 Å². The normalized spacial score (nSPS) is 7.38. The van der Waals surface area contributed by atoms with Gasteiger partial charge >= 0.3 is 62.8 Å². The monoisotopic (exact) mass is 227 g/mol. The van der Waals surface area contributed by atoms with E-state index >= 15 is 0 Å². The first-order valence-corrected chi connectivity index (χ1v) is 2.19. The van der Waals surface area contributed by atoms with E-state index in [0.717, 1.165) is 0 Å². The van der Waals surface area contributed by atoms with Gasteiger partial charge in [-0.1, -0.05) is 0 Å².